The summed E-state index contributed by atoms with van der Waals surface area (Å²) in [6.07, 6.45) is 0.784. The van der Waals surface area contributed by atoms with Crippen molar-refractivity contribution in [1.29, 1.82) is 0 Å². The fraction of sp³-hybridized carbons (Fsp3) is 0.400. The number of benzene rings is 1. The lowest BCUT2D eigenvalue weighted by atomic mass is 10.0. The second-order valence-corrected chi connectivity index (χ2v) is 5.26. The molecule has 1 N–H and O–H groups in total. The van der Waals surface area contributed by atoms with E-state index in [1.807, 2.05) is 38.2 Å². The Hall–Kier alpha value is -1.32. The van der Waals surface area contributed by atoms with Gasteiger partial charge in [-0.25, -0.2) is 0 Å². The zero-order chi connectivity index (χ0) is 14.0. The molecule has 0 aliphatic rings. The van der Waals surface area contributed by atoms with Crippen LogP contribution in [-0.2, 0) is 19.9 Å². The highest BCUT2D eigenvalue weighted by molar-refractivity contribution is 6.31. The van der Waals surface area contributed by atoms with Gasteiger partial charge in [0.25, 0.3) is 0 Å². The maximum Gasteiger partial charge on any atom is 0.0997 e. The van der Waals surface area contributed by atoms with E-state index in [9.17, 15) is 5.11 Å². The fourth-order valence-electron chi connectivity index (χ4n) is 2.16. The summed E-state index contributed by atoms with van der Waals surface area (Å²) >= 11 is 6.20. The highest BCUT2D eigenvalue weighted by Crippen LogP contribution is 2.24. The quantitative estimate of drug-likeness (QED) is 0.932. The van der Waals surface area contributed by atoms with Crippen LogP contribution in [0.25, 0.3) is 0 Å². The SMILES string of the molecule is CCc1cc(C(O)Cc2ccc(C)cc2Cl)n(C)n1. The van der Waals surface area contributed by atoms with Gasteiger partial charge in [0.05, 0.1) is 17.5 Å². The van der Waals surface area contributed by atoms with Gasteiger partial charge < -0.3 is 5.11 Å². The van der Waals surface area contributed by atoms with E-state index in [-0.39, 0.29) is 0 Å². The minimum Gasteiger partial charge on any atom is -0.386 e. The van der Waals surface area contributed by atoms with E-state index in [0.29, 0.717) is 11.4 Å². The molecule has 0 saturated heterocycles. The number of nitrogens with zero attached hydrogens (tertiary/aromatic N) is 2. The van der Waals surface area contributed by atoms with E-state index in [0.717, 1.165) is 28.9 Å². The van der Waals surface area contributed by atoms with Gasteiger partial charge in [-0.15, -0.1) is 0 Å². The van der Waals surface area contributed by atoms with Crippen LogP contribution in [0.2, 0.25) is 5.02 Å². The van der Waals surface area contributed by atoms with E-state index in [2.05, 4.69) is 12.0 Å². The van der Waals surface area contributed by atoms with Crippen molar-refractivity contribution in [2.45, 2.75) is 32.8 Å². The number of aliphatic hydroxyl groups is 1. The van der Waals surface area contributed by atoms with Crippen molar-refractivity contribution in [2.75, 3.05) is 0 Å². The van der Waals surface area contributed by atoms with Gasteiger partial charge in [0.2, 0.25) is 0 Å². The average molecular weight is 279 g/mol. The molecule has 0 saturated carbocycles. The van der Waals surface area contributed by atoms with Crippen molar-refractivity contribution < 1.29 is 5.11 Å². The normalized spacial score (nSPS) is 12.7. The Kier molecular flexibility index (Phi) is 4.27. The van der Waals surface area contributed by atoms with Crippen molar-refractivity contribution in [1.82, 2.24) is 9.78 Å². The molecule has 0 bridgehead atoms. The Morgan fingerprint density at radius 1 is 1.37 bits per heavy atom. The minimum atomic E-state index is -0.585. The lowest BCUT2D eigenvalue weighted by molar-refractivity contribution is 0.168. The molecule has 2 aromatic rings. The summed E-state index contributed by atoms with van der Waals surface area (Å²) in [4.78, 5) is 0. The number of hydrogen-bond donors (Lipinski definition) is 1. The topological polar surface area (TPSA) is 38.0 Å². The van der Waals surface area contributed by atoms with Crippen LogP contribution in [0, 0.1) is 6.92 Å². The molecule has 0 amide bonds. The lowest BCUT2D eigenvalue weighted by Gasteiger charge is -2.12. The first-order valence-electron chi connectivity index (χ1n) is 6.47. The Labute approximate surface area is 118 Å². The fourth-order valence-corrected chi connectivity index (χ4v) is 2.47. The van der Waals surface area contributed by atoms with E-state index in [1.54, 1.807) is 4.68 Å². The molecule has 1 unspecified atom stereocenters. The van der Waals surface area contributed by atoms with Crippen LogP contribution in [0.1, 0.15) is 35.5 Å². The summed E-state index contributed by atoms with van der Waals surface area (Å²) in [6, 6.07) is 7.85. The van der Waals surface area contributed by atoms with Crippen molar-refractivity contribution in [2.24, 2.45) is 7.05 Å². The summed E-state index contributed by atoms with van der Waals surface area (Å²) in [5.74, 6) is 0. The molecule has 4 heteroatoms. The van der Waals surface area contributed by atoms with Crippen LogP contribution >= 0.6 is 11.6 Å². The first kappa shape index (κ1) is 14.1. The second-order valence-electron chi connectivity index (χ2n) is 4.85. The monoisotopic (exact) mass is 278 g/mol. The van der Waals surface area contributed by atoms with Crippen molar-refractivity contribution in [3.63, 3.8) is 0 Å². The molecule has 1 atom stereocenters. The van der Waals surface area contributed by atoms with Gasteiger partial charge in [-0.3, -0.25) is 4.68 Å². The molecule has 3 nitrogen and oxygen atoms in total. The molecule has 102 valence electrons. The van der Waals surface area contributed by atoms with Gasteiger partial charge in [0, 0.05) is 18.5 Å². The molecule has 0 spiro atoms. The zero-order valence-electron chi connectivity index (χ0n) is 11.5. The highest BCUT2D eigenvalue weighted by Gasteiger charge is 2.15. The Bertz CT molecular complexity index is 578. The van der Waals surface area contributed by atoms with Crippen LogP contribution in [0.4, 0.5) is 0 Å². The predicted molar refractivity (Wildman–Crippen MR) is 77.4 cm³/mol. The molecule has 0 aliphatic carbocycles. The zero-order valence-corrected chi connectivity index (χ0v) is 12.3. The van der Waals surface area contributed by atoms with Crippen LogP contribution in [0.3, 0.4) is 0 Å². The van der Waals surface area contributed by atoms with Gasteiger partial charge in [-0.1, -0.05) is 30.7 Å². The molecule has 1 aromatic heterocycles. The second kappa shape index (κ2) is 5.76. The van der Waals surface area contributed by atoms with Crippen LogP contribution < -0.4 is 0 Å². The Morgan fingerprint density at radius 3 is 2.68 bits per heavy atom. The molecule has 0 radical (unpaired) electrons. The largest absolute Gasteiger partial charge is 0.386 e. The number of aliphatic hydroxyl groups excluding tert-OH is 1. The smallest absolute Gasteiger partial charge is 0.0997 e. The third-order valence-corrected chi connectivity index (χ3v) is 3.64. The van der Waals surface area contributed by atoms with E-state index in [1.165, 1.54) is 0 Å². The summed E-state index contributed by atoms with van der Waals surface area (Å²) in [7, 11) is 1.86. The van der Waals surface area contributed by atoms with Crippen molar-refractivity contribution in [3.05, 3.63) is 51.8 Å². The van der Waals surface area contributed by atoms with Gasteiger partial charge in [0.15, 0.2) is 0 Å². The molecule has 19 heavy (non-hydrogen) atoms. The third kappa shape index (κ3) is 3.17. The highest BCUT2D eigenvalue weighted by atomic mass is 35.5. The number of aryl methyl sites for hydroxylation is 3. The van der Waals surface area contributed by atoms with Gasteiger partial charge in [-0.05, 0) is 36.6 Å². The average Bonchev–Trinajstić information content (AvgIpc) is 2.74. The lowest BCUT2D eigenvalue weighted by Crippen LogP contribution is -2.08. The third-order valence-electron chi connectivity index (χ3n) is 3.29. The summed E-state index contributed by atoms with van der Waals surface area (Å²) in [5, 5.41) is 15.4. The maximum atomic E-state index is 10.3. The van der Waals surface area contributed by atoms with Gasteiger partial charge in [-0.2, -0.15) is 5.10 Å². The van der Waals surface area contributed by atoms with Gasteiger partial charge in [0.1, 0.15) is 0 Å². The van der Waals surface area contributed by atoms with E-state index in [4.69, 9.17) is 11.6 Å². The summed E-state index contributed by atoms with van der Waals surface area (Å²) < 4.78 is 1.74. The molecule has 1 heterocycles. The van der Waals surface area contributed by atoms with Crippen LogP contribution in [0.15, 0.2) is 24.3 Å². The Morgan fingerprint density at radius 2 is 2.11 bits per heavy atom. The number of halogens is 1. The summed E-state index contributed by atoms with van der Waals surface area (Å²) in [6.45, 7) is 4.05. The molecular formula is C15H19ClN2O. The first-order valence-corrected chi connectivity index (χ1v) is 6.85. The number of rotatable bonds is 4. The number of hydrogen-bond acceptors (Lipinski definition) is 2. The molecule has 0 fully saturated rings. The maximum absolute atomic E-state index is 10.3. The molecule has 1 aromatic carbocycles. The van der Waals surface area contributed by atoms with Crippen molar-refractivity contribution in [3.8, 4) is 0 Å². The molecule has 0 aliphatic heterocycles. The van der Waals surface area contributed by atoms with E-state index < -0.39 is 6.10 Å². The minimum absolute atomic E-state index is 0.502. The molecule has 2 rings (SSSR count). The summed E-state index contributed by atoms with van der Waals surface area (Å²) in [5.41, 5.74) is 3.90. The van der Waals surface area contributed by atoms with Crippen LogP contribution in [-0.4, -0.2) is 14.9 Å². The standard InChI is InChI=1S/C15H19ClN2O/c1-4-12-9-14(18(3)17-12)15(19)8-11-6-5-10(2)7-13(11)16/h5-7,9,15,19H,4,8H2,1-3H3. The van der Waals surface area contributed by atoms with E-state index >= 15 is 0 Å². The van der Waals surface area contributed by atoms with Gasteiger partial charge >= 0.3 is 0 Å². The predicted octanol–water partition coefficient (Wildman–Crippen LogP) is 3.22. The first-order chi connectivity index (χ1) is 9.01. The van der Waals surface area contributed by atoms with Crippen LogP contribution in [0.5, 0.6) is 0 Å². The molecular weight excluding hydrogens is 260 g/mol. The number of aromatic nitrogens is 2. The Balaban J connectivity index is 2.20. The van der Waals surface area contributed by atoms with Crippen molar-refractivity contribution >= 4 is 11.6 Å².